The van der Waals surface area contributed by atoms with E-state index in [0.29, 0.717) is 12.1 Å². The number of anilines is 1. The number of para-hydroxylation sites is 1. The molecule has 1 saturated heterocycles. The standard InChI is InChI=1S/C13H16N2O2.C4H10O.C3H4O2/c1-2-3-9-11-12(16)14-15(13(11)17)10-7-5-4-6-8-10;1-3-5-4-2;1-2-3(4)5/h4-8,11H,2-3,9H2,1H3,(H,14,16);3-4H2,1-2H3;2H,1H2,(H,4,5). The molecule has 1 unspecified atom stereocenters. The number of aliphatic carboxylic acids is 1. The SMILES string of the molecule is C=CC(=O)O.CCCCC1C(=O)NN(c2ccccc2)C1=O.CCOCC. The number of rotatable bonds is 7. The molecule has 2 amide bonds. The van der Waals surface area contributed by atoms with Crippen molar-refractivity contribution in [2.45, 2.75) is 40.0 Å². The predicted octanol–water partition coefficient (Wildman–Crippen LogP) is 3.17. The molecule has 0 bridgehead atoms. The number of unbranched alkanes of at least 4 members (excludes halogenated alkanes) is 1. The number of carboxylic acids is 1. The molecular formula is C20H30N2O5. The second-order valence-corrected chi connectivity index (χ2v) is 5.50. The highest BCUT2D eigenvalue weighted by molar-refractivity contribution is 6.14. The molecule has 1 fully saturated rings. The Bertz CT molecular complexity index is 587. The van der Waals surface area contributed by atoms with E-state index in [1.54, 1.807) is 12.1 Å². The highest BCUT2D eigenvalue weighted by atomic mass is 16.5. The van der Waals surface area contributed by atoms with Crippen LogP contribution in [0.3, 0.4) is 0 Å². The van der Waals surface area contributed by atoms with Crippen LogP contribution in [0.5, 0.6) is 0 Å². The third kappa shape index (κ3) is 9.55. The number of carbonyl (C=O) groups is 3. The van der Waals surface area contributed by atoms with Gasteiger partial charge < -0.3 is 9.84 Å². The fourth-order valence-electron chi connectivity index (χ4n) is 2.15. The smallest absolute Gasteiger partial charge is 0.327 e. The second kappa shape index (κ2) is 14.5. The van der Waals surface area contributed by atoms with Crippen LogP contribution in [0.1, 0.15) is 40.0 Å². The van der Waals surface area contributed by atoms with E-state index in [9.17, 15) is 14.4 Å². The summed E-state index contributed by atoms with van der Waals surface area (Å²) in [6.07, 6.45) is 3.35. The fourth-order valence-corrected chi connectivity index (χ4v) is 2.15. The molecule has 1 heterocycles. The number of hydrazine groups is 1. The van der Waals surface area contributed by atoms with Crippen LogP contribution in [0.15, 0.2) is 43.0 Å². The maximum absolute atomic E-state index is 12.1. The molecule has 2 rings (SSSR count). The van der Waals surface area contributed by atoms with Gasteiger partial charge in [0.1, 0.15) is 5.92 Å². The molecule has 7 heteroatoms. The molecule has 0 aliphatic carbocycles. The van der Waals surface area contributed by atoms with Crippen molar-refractivity contribution < 1.29 is 24.2 Å². The van der Waals surface area contributed by atoms with Crippen molar-refractivity contribution in [2.24, 2.45) is 5.92 Å². The molecule has 1 atom stereocenters. The quantitative estimate of drug-likeness (QED) is 0.561. The summed E-state index contributed by atoms with van der Waals surface area (Å²) in [4.78, 5) is 33.0. The molecule has 1 aliphatic heterocycles. The first-order valence-corrected chi connectivity index (χ1v) is 9.05. The zero-order valence-corrected chi connectivity index (χ0v) is 16.3. The van der Waals surface area contributed by atoms with Gasteiger partial charge in [-0.15, -0.1) is 0 Å². The van der Waals surface area contributed by atoms with Gasteiger partial charge in [-0.05, 0) is 32.4 Å². The lowest BCUT2D eigenvalue weighted by Crippen LogP contribution is -2.35. The van der Waals surface area contributed by atoms with Gasteiger partial charge in [0.2, 0.25) is 0 Å². The molecule has 0 spiro atoms. The van der Waals surface area contributed by atoms with E-state index in [1.165, 1.54) is 5.01 Å². The number of carbonyl (C=O) groups excluding carboxylic acids is 2. The van der Waals surface area contributed by atoms with E-state index in [4.69, 9.17) is 9.84 Å². The number of nitrogens with zero attached hydrogens (tertiary/aromatic N) is 1. The van der Waals surface area contributed by atoms with Gasteiger partial charge >= 0.3 is 5.97 Å². The van der Waals surface area contributed by atoms with Crippen LogP contribution in [0.25, 0.3) is 0 Å². The summed E-state index contributed by atoms with van der Waals surface area (Å²) in [5.74, 6) is -1.83. The van der Waals surface area contributed by atoms with Gasteiger partial charge in [-0.2, -0.15) is 0 Å². The lowest BCUT2D eigenvalue weighted by molar-refractivity contribution is -0.131. The minimum absolute atomic E-state index is 0.144. The first-order valence-electron chi connectivity index (χ1n) is 9.05. The van der Waals surface area contributed by atoms with Crippen molar-refractivity contribution in [3.05, 3.63) is 43.0 Å². The molecule has 7 nitrogen and oxygen atoms in total. The fraction of sp³-hybridized carbons (Fsp3) is 0.450. The lowest BCUT2D eigenvalue weighted by atomic mass is 10.0. The minimum Gasteiger partial charge on any atom is -0.478 e. The van der Waals surface area contributed by atoms with Crippen LogP contribution in [0.2, 0.25) is 0 Å². The Labute approximate surface area is 161 Å². The minimum atomic E-state index is -0.981. The number of benzene rings is 1. The zero-order chi connectivity index (χ0) is 20.7. The van der Waals surface area contributed by atoms with E-state index in [-0.39, 0.29) is 11.8 Å². The Hall–Kier alpha value is -2.67. The van der Waals surface area contributed by atoms with Gasteiger partial charge in [-0.25, -0.2) is 9.80 Å². The van der Waals surface area contributed by atoms with E-state index in [0.717, 1.165) is 32.1 Å². The van der Waals surface area contributed by atoms with Crippen molar-refractivity contribution in [3.8, 4) is 0 Å². The maximum Gasteiger partial charge on any atom is 0.327 e. The van der Waals surface area contributed by atoms with Gasteiger partial charge in [0, 0.05) is 19.3 Å². The average Bonchev–Trinajstić information content (AvgIpc) is 2.96. The van der Waals surface area contributed by atoms with E-state index < -0.39 is 11.9 Å². The van der Waals surface area contributed by atoms with Crippen LogP contribution in [0, 0.1) is 5.92 Å². The number of ether oxygens (including phenoxy) is 1. The summed E-state index contributed by atoms with van der Waals surface area (Å²) in [6.45, 7) is 10.7. The molecule has 1 aliphatic rings. The van der Waals surface area contributed by atoms with Crippen molar-refractivity contribution in [1.29, 1.82) is 0 Å². The number of carboxylic acid groups (broad SMARTS) is 1. The third-order valence-corrected chi connectivity index (χ3v) is 3.50. The molecule has 0 radical (unpaired) electrons. The monoisotopic (exact) mass is 378 g/mol. The van der Waals surface area contributed by atoms with Crippen LogP contribution < -0.4 is 10.4 Å². The first kappa shape index (κ1) is 24.3. The summed E-state index contributed by atoms with van der Waals surface area (Å²) in [5.41, 5.74) is 3.34. The predicted molar refractivity (Wildman–Crippen MR) is 105 cm³/mol. The second-order valence-electron chi connectivity index (χ2n) is 5.50. The summed E-state index contributed by atoms with van der Waals surface area (Å²) in [7, 11) is 0. The largest absolute Gasteiger partial charge is 0.478 e. The van der Waals surface area contributed by atoms with Crippen LogP contribution in [0.4, 0.5) is 5.69 Å². The number of hydrogen-bond donors (Lipinski definition) is 2. The van der Waals surface area contributed by atoms with Gasteiger partial charge in [-0.3, -0.25) is 15.0 Å². The molecule has 150 valence electrons. The Morgan fingerprint density at radius 2 is 1.78 bits per heavy atom. The van der Waals surface area contributed by atoms with E-state index >= 15 is 0 Å². The maximum atomic E-state index is 12.1. The molecule has 27 heavy (non-hydrogen) atoms. The Morgan fingerprint density at radius 3 is 2.19 bits per heavy atom. The molecule has 1 aromatic carbocycles. The number of hydrogen-bond acceptors (Lipinski definition) is 4. The Kier molecular flexibility index (Phi) is 13.1. The Balaban J connectivity index is 0.000000563. The normalized spacial score (nSPS) is 15.1. The van der Waals surface area contributed by atoms with Crippen LogP contribution in [-0.4, -0.2) is 36.1 Å². The molecule has 0 saturated carbocycles. The van der Waals surface area contributed by atoms with Crippen molar-refractivity contribution in [3.63, 3.8) is 0 Å². The number of nitrogens with one attached hydrogen (secondary N) is 1. The topological polar surface area (TPSA) is 95.9 Å². The van der Waals surface area contributed by atoms with Gasteiger partial charge in [0.05, 0.1) is 5.69 Å². The molecule has 0 aromatic heterocycles. The zero-order valence-electron chi connectivity index (χ0n) is 16.3. The first-order chi connectivity index (χ1) is 12.9. The summed E-state index contributed by atoms with van der Waals surface area (Å²) < 4.78 is 4.83. The van der Waals surface area contributed by atoms with Crippen molar-refractivity contribution in [1.82, 2.24) is 5.43 Å². The van der Waals surface area contributed by atoms with Crippen molar-refractivity contribution in [2.75, 3.05) is 18.2 Å². The van der Waals surface area contributed by atoms with Crippen molar-refractivity contribution >= 4 is 23.5 Å². The lowest BCUT2D eigenvalue weighted by Gasteiger charge is -2.14. The highest BCUT2D eigenvalue weighted by Crippen LogP contribution is 2.22. The highest BCUT2D eigenvalue weighted by Gasteiger charge is 2.39. The summed E-state index contributed by atoms with van der Waals surface area (Å²) in [6, 6.07) is 9.17. The van der Waals surface area contributed by atoms with Crippen LogP contribution >= 0.6 is 0 Å². The third-order valence-electron chi connectivity index (χ3n) is 3.50. The average molecular weight is 378 g/mol. The molecule has 1 aromatic rings. The van der Waals surface area contributed by atoms with Crippen LogP contribution in [-0.2, 0) is 19.1 Å². The van der Waals surface area contributed by atoms with Gasteiger partial charge in [0.15, 0.2) is 0 Å². The summed E-state index contributed by atoms with van der Waals surface area (Å²) >= 11 is 0. The van der Waals surface area contributed by atoms with E-state index in [1.807, 2.05) is 39.0 Å². The van der Waals surface area contributed by atoms with Gasteiger partial charge in [-0.1, -0.05) is 44.5 Å². The summed E-state index contributed by atoms with van der Waals surface area (Å²) in [5, 5.41) is 8.95. The molecule has 2 N–H and O–H groups in total. The van der Waals surface area contributed by atoms with Gasteiger partial charge in [0.25, 0.3) is 11.8 Å². The Morgan fingerprint density at radius 1 is 1.22 bits per heavy atom. The molecular weight excluding hydrogens is 348 g/mol. The van der Waals surface area contributed by atoms with E-state index in [2.05, 4.69) is 12.0 Å². The number of amides is 2.